The van der Waals surface area contributed by atoms with E-state index in [4.69, 9.17) is 5.14 Å². The van der Waals surface area contributed by atoms with Gasteiger partial charge in [0.15, 0.2) is 0 Å². The predicted molar refractivity (Wildman–Crippen MR) is 53.1 cm³/mol. The van der Waals surface area contributed by atoms with Crippen molar-refractivity contribution in [1.29, 1.82) is 0 Å². The van der Waals surface area contributed by atoms with Gasteiger partial charge in [-0.3, -0.25) is 4.98 Å². The molecule has 0 radical (unpaired) electrons. The fraction of sp³-hybridized carbons (Fsp3) is 0. The van der Waals surface area contributed by atoms with Crippen molar-refractivity contribution in [3.05, 3.63) is 36.7 Å². The molecule has 1 aromatic heterocycles. The van der Waals surface area contributed by atoms with Crippen LogP contribution in [0.1, 0.15) is 0 Å². The van der Waals surface area contributed by atoms with Crippen molar-refractivity contribution in [1.82, 2.24) is 4.98 Å². The standard InChI is InChI=1S/C9H8N2O2S/c10-14(12,13)9-6-11-5-7-3-1-2-4-8(7)9/h1-6H,(H2,10,12,13). The molecule has 1 heterocycles. The Labute approximate surface area is 81.4 Å². The second kappa shape index (κ2) is 3.04. The Balaban J connectivity index is 2.92. The number of primary sulfonamides is 1. The maximum absolute atomic E-state index is 11.2. The van der Waals surface area contributed by atoms with E-state index in [0.29, 0.717) is 5.39 Å². The first-order valence-electron chi connectivity index (χ1n) is 3.94. The molecule has 0 aliphatic heterocycles. The van der Waals surface area contributed by atoms with Crippen LogP contribution in [-0.4, -0.2) is 13.4 Å². The highest BCUT2D eigenvalue weighted by molar-refractivity contribution is 7.89. The summed E-state index contributed by atoms with van der Waals surface area (Å²) in [6.45, 7) is 0. The van der Waals surface area contributed by atoms with Gasteiger partial charge >= 0.3 is 0 Å². The minimum Gasteiger partial charge on any atom is -0.263 e. The molecule has 0 saturated carbocycles. The molecule has 4 nitrogen and oxygen atoms in total. The first kappa shape index (κ1) is 9.11. The van der Waals surface area contributed by atoms with Crippen LogP contribution in [0.25, 0.3) is 10.8 Å². The second-order valence-electron chi connectivity index (χ2n) is 2.90. The Morgan fingerprint density at radius 1 is 1.14 bits per heavy atom. The number of nitrogens with two attached hydrogens (primary N) is 1. The van der Waals surface area contributed by atoms with Gasteiger partial charge in [-0.2, -0.15) is 0 Å². The van der Waals surface area contributed by atoms with Gasteiger partial charge in [-0.05, 0) is 0 Å². The van der Waals surface area contributed by atoms with Crippen molar-refractivity contribution >= 4 is 20.8 Å². The highest BCUT2D eigenvalue weighted by atomic mass is 32.2. The summed E-state index contributed by atoms with van der Waals surface area (Å²) >= 11 is 0. The smallest absolute Gasteiger partial charge is 0.240 e. The van der Waals surface area contributed by atoms with Crippen molar-refractivity contribution in [3.8, 4) is 0 Å². The lowest BCUT2D eigenvalue weighted by atomic mass is 10.2. The molecule has 0 aliphatic carbocycles. The minimum atomic E-state index is -3.69. The van der Waals surface area contributed by atoms with Crippen LogP contribution in [0.2, 0.25) is 0 Å². The van der Waals surface area contributed by atoms with Gasteiger partial charge in [0.1, 0.15) is 4.90 Å². The maximum atomic E-state index is 11.2. The number of rotatable bonds is 1. The molecule has 0 saturated heterocycles. The van der Waals surface area contributed by atoms with Crippen molar-refractivity contribution in [2.24, 2.45) is 5.14 Å². The Hall–Kier alpha value is -1.46. The van der Waals surface area contributed by atoms with Gasteiger partial charge in [-0.15, -0.1) is 0 Å². The third kappa shape index (κ3) is 1.47. The summed E-state index contributed by atoms with van der Waals surface area (Å²) in [4.78, 5) is 3.89. The molecule has 0 spiro atoms. The third-order valence-corrected chi connectivity index (χ3v) is 2.88. The fourth-order valence-electron chi connectivity index (χ4n) is 1.32. The molecule has 0 atom stereocenters. The van der Waals surface area contributed by atoms with Crippen molar-refractivity contribution < 1.29 is 8.42 Å². The molecule has 2 aromatic rings. The molecule has 0 bridgehead atoms. The highest BCUT2D eigenvalue weighted by Crippen LogP contribution is 2.19. The van der Waals surface area contributed by atoms with Crippen LogP contribution in [0, 0.1) is 0 Å². The molecular weight excluding hydrogens is 200 g/mol. The summed E-state index contributed by atoms with van der Waals surface area (Å²) in [7, 11) is -3.69. The monoisotopic (exact) mass is 208 g/mol. The second-order valence-corrected chi connectivity index (χ2v) is 4.43. The van der Waals surface area contributed by atoms with Crippen LogP contribution < -0.4 is 5.14 Å². The summed E-state index contributed by atoms with van der Waals surface area (Å²) in [5.74, 6) is 0. The molecule has 0 amide bonds. The Kier molecular flexibility index (Phi) is 1.98. The van der Waals surface area contributed by atoms with Crippen LogP contribution >= 0.6 is 0 Å². The SMILES string of the molecule is NS(=O)(=O)c1cncc2ccccc12. The summed E-state index contributed by atoms with van der Waals surface area (Å²) in [6, 6.07) is 7.07. The molecule has 0 aliphatic rings. The van der Waals surface area contributed by atoms with E-state index in [0.717, 1.165) is 5.39 Å². The number of aromatic nitrogens is 1. The van der Waals surface area contributed by atoms with E-state index in [2.05, 4.69) is 4.98 Å². The molecule has 5 heteroatoms. The largest absolute Gasteiger partial charge is 0.263 e. The van der Waals surface area contributed by atoms with Crippen LogP contribution in [0.15, 0.2) is 41.6 Å². The number of hydrogen-bond donors (Lipinski definition) is 1. The zero-order valence-electron chi connectivity index (χ0n) is 7.21. The van der Waals surface area contributed by atoms with Gasteiger partial charge in [0.2, 0.25) is 10.0 Å². The van der Waals surface area contributed by atoms with E-state index in [1.54, 1.807) is 24.4 Å². The Bertz CT molecular complexity index is 573. The van der Waals surface area contributed by atoms with Crippen LogP contribution in [0.5, 0.6) is 0 Å². The van der Waals surface area contributed by atoms with E-state index >= 15 is 0 Å². The number of fused-ring (bicyclic) bond motifs is 1. The number of sulfonamides is 1. The normalized spacial score (nSPS) is 11.8. The van der Waals surface area contributed by atoms with Gasteiger partial charge in [-0.25, -0.2) is 13.6 Å². The molecule has 72 valence electrons. The third-order valence-electron chi connectivity index (χ3n) is 1.94. The first-order chi connectivity index (χ1) is 6.59. The van der Waals surface area contributed by atoms with Gasteiger partial charge in [0.05, 0.1) is 0 Å². The van der Waals surface area contributed by atoms with Gasteiger partial charge < -0.3 is 0 Å². The van der Waals surface area contributed by atoms with Gasteiger partial charge in [-0.1, -0.05) is 24.3 Å². The molecule has 0 fully saturated rings. The van der Waals surface area contributed by atoms with Crippen LogP contribution in [-0.2, 0) is 10.0 Å². The van der Waals surface area contributed by atoms with E-state index < -0.39 is 10.0 Å². The topological polar surface area (TPSA) is 73.1 Å². The van der Waals surface area contributed by atoms with Gasteiger partial charge in [0, 0.05) is 23.2 Å². The first-order valence-corrected chi connectivity index (χ1v) is 5.49. The van der Waals surface area contributed by atoms with Crippen LogP contribution in [0.3, 0.4) is 0 Å². The van der Waals surface area contributed by atoms with Crippen molar-refractivity contribution in [3.63, 3.8) is 0 Å². The van der Waals surface area contributed by atoms with E-state index in [9.17, 15) is 8.42 Å². The lowest BCUT2D eigenvalue weighted by Gasteiger charge is -2.02. The Morgan fingerprint density at radius 3 is 2.57 bits per heavy atom. The minimum absolute atomic E-state index is 0.0654. The number of benzene rings is 1. The number of pyridine rings is 1. The van der Waals surface area contributed by atoms with Crippen molar-refractivity contribution in [2.75, 3.05) is 0 Å². The van der Waals surface area contributed by atoms with E-state index in [1.807, 2.05) is 6.07 Å². The predicted octanol–water partition coefficient (Wildman–Crippen LogP) is 0.882. The quantitative estimate of drug-likeness (QED) is 0.756. The number of nitrogens with zero attached hydrogens (tertiary/aromatic N) is 1. The highest BCUT2D eigenvalue weighted by Gasteiger charge is 2.11. The average molecular weight is 208 g/mol. The molecule has 2 rings (SSSR count). The average Bonchev–Trinajstić information content (AvgIpc) is 2.15. The summed E-state index contributed by atoms with van der Waals surface area (Å²) in [6.07, 6.45) is 2.86. The summed E-state index contributed by atoms with van der Waals surface area (Å²) in [5, 5.41) is 6.42. The molecular formula is C9H8N2O2S. The summed E-state index contributed by atoms with van der Waals surface area (Å²) < 4.78 is 22.4. The number of hydrogen-bond acceptors (Lipinski definition) is 3. The van der Waals surface area contributed by atoms with Gasteiger partial charge in [0.25, 0.3) is 0 Å². The molecule has 1 aromatic carbocycles. The molecule has 0 unspecified atom stereocenters. The fourth-order valence-corrected chi connectivity index (χ4v) is 2.02. The molecule has 2 N–H and O–H groups in total. The lowest BCUT2D eigenvalue weighted by Crippen LogP contribution is -2.12. The van der Waals surface area contributed by atoms with Crippen molar-refractivity contribution in [2.45, 2.75) is 4.90 Å². The van der Waals surface area contributed by atoms with E-state index in [1.165, 1.54) is 6.20 Å². The lowest BCUT2D eigenvalue weighted by molar-refractivity contribution is 0.598. The Morgan fingerprint density at radius 2 is 1.86 bits per heavy atom. The molecule has 14 heavy (non-hydrogen) atoms. The zero-order valence-corrected chi connectivity index (χ0v) is 8.03. The van der Waals surface area contributed by atoms with Crippen LogP contribution in [0.4, 0.5) is 0 Å². The van der Waals surface area contributed by atoms with E-state index in [-0.39, 0.29) is 4.90 Å². The zero-order chi connectivity index (χ0) is 10.2. The maximum Gasteiger partial charge on any atom is 0.240 e. The summed E-state index contributed by atoms with van der Waals surface area (Å²) in [5.41, 5.74) is 0.